The number of hydrogen-bond donors (Lipinski definition) is 3. The smallest absolute Gasteiger partial charge is 0.240 e. The highest BCUT2D eigenvalue weighted by atomic mass is 16.2. The van der Waals surface area contributed by atoms with Gasteiger partial charge in [0.25, 0.3) is 0 Å². The molecule has 5 N–H and O–H groups in total. The van der Waals surface area contributed by atoms with Crippen LogP contribution in [0.2, 0.25) is 0 Å². The summed E-state index contributed by atoms with van der Waals surface area (Å²) in [6, 6.07) is 6.09. The molecule has 0 saturated heterocycles. The molecule has 2 aliphatic rings. The first-order chi connectivity index (χ1) is 10.1. The van der Waals surface area contributed by atoms with Gasteiger partial charge >= 0.3 is 0 Å². The maximum atomic E-state index is 12.6. The first-order valence-corrected chi connectivity index (χ1v) is 8.07. The predicted octanol–water partition coefficient (Wildman–Crippen LogP) is 2.42. The lowest BCUT2D eigenvalue weighted by Crippen LogP contribution is -2.55. The summed E-state index contributed by atoms with van der Waals surface area (Å²) < 4.78 is 0. The van der Waals surface area contributed by atoms with E-state index in [1.165, 1.54) is 17.5 Å². The quantitative estimate of drug-likeness (QED) is 0.731. The summed E-state index contributed by atoms with van der Waals surface area (Å²) in [5.41, 5.74) is 14.8. The Kier molecular flexibility index (Phi) is 3.89. The molecule has 1 atom stereocenters. The molecule has 1 unspecified atom stereocenters. The molecule has 1 saturated carbocycles. The van der Waals surface area contributed by atoms with Gasteiger partial charge in [-0.25, -0.2) is 0 Å². The number of rotatable bonds is 2. The number of fused-ring (bicyclic) bond motifs is 1. The van der Waals surface area contributed by atoms with Gasteiger partial charge in [0.2, 0.25) is 5.91 Å². The second-order valence-electron chi connectivity index (χ2n) is 6.59. The van der Waals surface area contributed by atoms with Gasteiger partial charge in [-0.3, -0.25) is 4.79 Å². The maximum absolute atomic E-state index is 12.6. The first kappa shape index (κ1) is 14.4. The van der Waals surface area contributed by atoms with Crippen LogP contribution in [0.15, 0.2) is 18.2 Å². The van der Waals surface area contributed by atoms with E-state index in [4.69, 9.17) is 11.5 Å². The molecule has 1 amide bonds. The molecule has 0 radical (unpaired) electrons. The standard InChI is InChI=1S/C17H25N3O/c18-13-7-8-14-12(11-13)5-4-6-15(14)20-16(21)17(19)9-2-1-3-10-17/h7-8,11,15H,1-6,9-10,18-19H2,(H,20,21). The van der Waals surface area contributed by atoms with Crippen molar-refractivity contribution in [3.8, 4) is 0 Å². The van der Waals surface area contributed by atoms with Gasteiger partial charge in [-0.1, -0.05) is 25.3 Å². The molecule has 0 bridgehead atoms. The second-order valence-corrected chi connectivity index (χ2v) is 6.59. The van der Waals surface area contributed by atoms with Crippen molar-refractivity contribution in [1.82, 2.24) is 5.32 Å². The molecule has 0 heterocycles. The number of nitrogen functional groups attached to an aromatic ring is 1. The number of hydrogen-bond acceptors (Lipinski definition) is 3. The van der Waals surface area contributed by atoms with Crippen LogP contribution in [0.25, 0.3) is 0 Å². The van der Waals surface area contributed by atoms with E-state index in [2.05, 4.69) is 11.4 Å². The van der Waals surface area contributed by atoms with E-state index in [-0.39, 0.29) is 11.9 Å². The molecule has 0 aromatic heterocycles. The van der Waals surface area contributed by atoms with E-state index in [9.17, 15) is 4.79 Å². The van der Waals surface area contributed by atoms with Crippen LogP contribution in [0.3, 0.4) is 0 Å². The van der Waals surface area contributed by atoms with Crippen LogP contribution in [0.4, 0.5) is 5.69 Å². The van der Waals surface area contributed by atoms with Crippen molar-refractivity contribution in [2.45, 2.75) is 62.9 Å². The summed E-state index contributed by atoms with van der Waals surface area (Å²) >= 11 is 0. The normalized spacial score (nSPS) is 24.1. The van der Waals surface area contributed by atoms with Crippen molar-refractivity contribution in [2.24, 2.45) is 5.73 Å². The van der Waals surface area contributed by atoms with Crippen LogP contribution in [0.5, 0.6) is 0 Å². The Labute approximate surface area is 126 Å². The lowest BCUT2D eigenvalue weighted by molar-refractivity contribution is -0.128. The minimum atomic E-state index is -0.663. The average molecular weight is 287 g/mol. The number of nitrogens with two attached hydrogens (primary N) is 2. The van der Waals surface area contributed by atoms with Gasteiger partial charge in [0.15, 0.2) is 0 Å². The number of aryl methyl sites for hydroxylation is 1. The van der Waals surface area contributed by atoms with E-state index >= 15 is 0 Å². The minimum Gasteiger partial charge on any atom is -0.399 e. The predicted molar refractivity (Wildman–Crippen MR) is 84.7 cm³/mol. The Hall–Kier alpha value is -1.55. The van der Waals surface area contributed by atoms with Crippen LogP contribution in [-0.2, 0) is 11.2 Å². The number of amides is 1. The fourth-order valence-electron chi connectivity index (χ4n) is 3.70. The molecule has 1 fully saturated rings. The Bertz CT molecular complexity index is 535. The van der Waals surface area contributed by atoms with Crippen LogP contribution in [-0.4, -0.2) is 11.4 Å². The summed E-state index contributed by atoms with van der Waals surface area (Å²) in [6.07, 6.45) is 8.03. The zero-order valence-corrected chi connectivity index (χ0v) is 12.5. The summed E-state index contributed by atoms with van der Waals surface area (Å²) in [4.78, 5) is 12.6. The molecule has 4 heteroatoms. The van der Waals surface area contributed by atoms with E-state index in [0.29, 0.717) is 0 Å². The van der Waals surface area contributed by atoms with Crippen molar-refractivity contribution >= 4 is 11.6 Å². The van der Waals surface area contributed by atoms with Gasteiger partial charge in [-0.05, 0) is 55.4 Å². The third kappa shape index (κ3) is 2.91. The van der Waals surface area contributed by atoms with Crippen molar-refractivity contribution in [2.75, 3.05) is 5.73 Å². The molecule has 3 rings (SSSR count). The summed E-state index contributed by atoms with van der Waals surface area (Å²) in [5.74, 6) is 0.0249. The van der Waals surface area contributed by atoms with Gasteiger partial charge in [0, 0.05) is 5.69 Å². The van der Waals surface area contributed by atoms with Crippen molar-refractivity contribution < 1.29 is 4.79 Å². The molecular weight excluding hydrogens is 262 g/mol. The SMILES string of the molecule is Nc1ccc2c(c1)CCCC2NC(=O)C1(N)CCCCC1. The number of anilines is 1. The maximum Gasteiger partial charge on any atom is 0.240 e. The van der Waals surface area contributed by atoms with E-state index in [0.717, 1.165) is 50.6 Å². The molecule has 1 aromatic rings. The molecule has 4 nitrogen and oxygen atoms in total. The summed E-state index contributed by atoms with van der Waals surface area (Å²) in [5, 5.41) is 3.20. The van der Waals surface area contributed by atoms with Gasteiger partial charge in [-0.15, -0.1) is 0 Å². The molecule has 1 aromatic carbocycles. The molecule has 0 spiro atoms. The molecule has 21 heavy (non-hydrogen) atoms. The van der Waals surface area contributed by atoms with Crippen molar-refractivity contribution in [1.29, 1.82) is 0 Å². The second kappa shape index (κ2) is 5.68. The van der Waals surface area contributed by atoms with E-state index in [1.54, 1.807) is 0 Å². The largest absolute Gasteiger partial charge is 0.399 e. The van der Waals surface area contributed by atoms with Gasteiger partial charge in [-0.2, -0.15) is 0 Å². The highest BCUT2D eigenvalue weighted by Crippen LogP contribution is 2.32. The van der Waals surface area contributed by atoms with Crippen LogP contribution in [0.1, 0.15) is 62.1 Å². The fraction of sp³-hybridized carbons (Fsp3) is 0.588. The third-order valence-corrected chi connectivity index (χ3v) is 4.98. The first-order valence-electron chi connectivity index (χ1n) is 8.07. The fourth-order valence-corrected chi connectivity index (χ4v) is 3.70. The monoisotopic (exact) mass is 287 g/mol. The zero-order chi connectivity index (χ0) is 14.9. The van der Waals surface area contributed by atoms with Crippen LogP contribution >= 0.6 is 0 Å². The van der Waals surface area contributed by atoms with Crippen LogP contribution < -0.4 is 16.8 Å². The topological polar surface area (TPSA) is 81.1 Å². The van der Waals surface area contributed by atoms with Gasteiger partial charge in [0.05, 0.1) is 11.6 Å². The average Bonchev–Trinajstić information content (AvgIpc) is 2.48. The summed E-state index contributed by atoms with van der Waals surface area (Å²) in [7, 11) is 0. The van der Waals surface area contributed by atoms with Crippen molar-refractivity contribution in [3.63, 3.8) is 0 Å². The number of carbonyl (C=O) groups is 1. The Morgan fingerprint density at radius 1 is 1.19 bits per heavy atom. The summed E-state index contributed by atoms with van der Waals surface area (Å²) in [6.45, 7) is 0. The third-order valence-electron chi connectivity index (χ3n) is 4.98. The highest BCUT2D eigenvalue weighted by molar-refractivity contribution is 5.86. The molecular formula is C17H25N3O. The van der Waals surface area contributed by atoms with E-state index < -0.39 is 5.54 Å². The minimum absolute atomic E-state index is 0.0249. The Morgan fingerprint density at radius 3 is 2.71 bits per heavy atom. The molecule has 2 aliphatic carbocycles. The van der Waals surface area contributed by atoms with E-state index in [1.807, 2.05) is 12.1 Å². The number of benzene rings is 1. The zero-order valence-electron chi connectivity index (χ0n) is 12.5. The van der Waals surface area contributed by atoms with Gasteiger partial charge in [0.1, 0.15) is 0 Å². The Balaban J connectivity index is 1.75. The number of carbonyl (C=O) groups excluding carboxylic acids is 1. The van der Waals surface area contributed by atoms with Crippen molar-refractivity contribution in [3.05, 3.63) is 29.3 Å². The highest BCUT2D eigenvalue weighted by Gasteiger charge is 2.36. The molecule has 0 aliphatic heterocycles. The Morgan fingerprint density at radius 2 is 1.95 bits per heavy atom. The lowest BCUT2D eigenvalue weighted by atomic mass is 9.81. The van der Waals surface area contributed by atoms with Gasteiger partial charge < -0.3 is 16.8 Å². The molecule has 114 valence electrons. The number of nitrogens with one attached hydrogen (secondary N) is 1. The van der Waals surface area contributed by atoms with Crippen LogP contribution in [0, 0.1) is 0 Å². The lowest BCUT2D eigenvalue weighted by Gasteiger charge is -2.35.